The lowest BCUT2D eigenvalue weighted by atomic mass is 10.0. The maximum Gasteiger partial charge on any atom is 0.417 e. The van der Waals surface area contributed by atoms with Gasteiger partial charge >= 0.3 is 23.3 Å². The van der Waals surface area contributed by atoms with E-state index in [0.29, 0.717) is 50.1 Å². The van der Waals surface area contributed by atoms with E-state index in [-0.39, 0.29) is 98.4 Å². The highest BCUT2D eigenvalue weighted by atomic mass is 19.1. The lowest BCUT2D eigenvalue weighted by Crippen LogP contribution is -2.39. The number of rotatable bonds is 28. The summed E-state index contributed by atoms with van der Waals surface area (Å²) in [4.78, 5) is 105. The number of aromatic nitrogens is 4. The summed E-state index contributed by atoms with van der Waals surface area (Å²) in [5.74, 6) is -4.11. The van der Waals surface area contributed by atoms with Gasteiger partial charge in [-0.25, -0.2) is 28.0 Å². The van der Waals surface area contributed by atoms with E-state index < -0.39 is 46.1 Å². The van der Waals surface area contributed by atoms with Gasteiger partial charge in [-0.3, -0.25) is 47.2 Å². The van der Waals surface area contributed by atoms with Crippen LogP contribution >= 0.6 is 0 Å². The summed E-state index contributed by atoms with van der Waals surface area (Å²) in [6, 6.07) is 27.5. The number of hydrogen-bond acceptors (Lipinski definition) is 16. The largest absolute Gasteiger partial charge is 0.490 e. The fourth-order valence-electron chi connectivity index (χ4n) is 7.78. The van der Waals surface area contributed by atoms with Gasteiger partial charge in [0.1, 0.15) is 24.8 Å². The molecule has 0 spiro atoms. The van der Waals surface area contributed by atoms with Gasteiger partial charge in [0.2, 0.25) is 0 Å². The maximum absolute atomic E-state index is 15.0. The molecule has 0 saturated carbocycles. The van der Waals surface area contributed by atoms with Gasteiger partial charge in [-0.15, -0.1) is 0 Å². The summed E-state index contributed by atoms with van der Waals surface area (Å²) in [5.41, 5.74) is -0.882. The molecule has 0 aliphatic carbocycles. The molecule has 6 rings (SSSR count). The van der Waals surface area contributed by atoms with Crippen LogP contribution in [0.3, 0.4) is 0 Å². The monoisotopic (exact) mass is 1050 g/mol. The van der Waals surface area contributed by atoms with Crippen molar-refractivity contribution in [3.05, 3.63) is 185 Å². The maximum atomic E-state index is 15.0. The molecule has 6 aromatic rings. The predicted octanol–water partition coefficient (Wildman–Crippen LogP) is 3.37. The van der Waals surface area contributed by atoms with Gasteiger partial charge < -0.3 is 29.6 Å². The number of hydrogen-bond donors (Lipinski definition) is 2. The summed E-state index contributed by atoms with van der Waals surface area (Å²) in [6.45, 7) is 1.70. The van der Waals surface area contributed by atoms with Crippen molar-refractivity contribution in [2.45, 2.75) is 12.8 Å². The lowest BCUT2D eigenvalue weighted by molar-refractivity contribution is -0.168. The first-order valence-corrected chi connectivity index (χ1v) is 24.4. The molecule has 0 aliphatic rings. The SMILES string of the molecule is Cn1c(NCCN(CCCOc2ccc(C(=O)c3ccccc3)cc2F)CCOC(=O)C(=O)OCCN(CCCOc2ccc(C(=O)c3ccccc3)cc2F)CCNc2cc(=O)n(C)c(=O)n2C)cc(=O)n(C)c1=O. The van der Waals surface area contributed by atoms with Gasteiger partial charge in [-0.05, 0) is 49.2 Å². The average molecular weight is 1050 g/mol. The van der Waals surface area contributed by atoms with Crippen molar-refractivity contribution < 1.29 is 46.9 Å². The van der Waals surface area contributed by atoms with Crippen molar-refractivity contribution in [1.82, 2.24) is 28.1 Å². The normalized spacial score (nSPS) is 11.1. The van der Waals surface area contributed by atoms with Crippen molar-refractivity contribution in [2.75, 3.05) is 89.4 Å². The van der Waals surface area contributed by atoms with E-state index in [9.17, 15) is 38.4 Å². The smallest absolute Gasteiger partial charge is 0.417 e. The molecule has 22 heteroatoms. The summed E-state index contributed by atoms with van der Waals surface area (Å²) < 4.78 is 56.6. The Morgan fingerprint density at radius 2 is 0.842 bits per heavy atom. The first-order valence-electron chi connectivity index (χ1n) is 24.4. The Bertz CT molecular complexity index is 3020. The molecule has 4 aromatic carbocycles. The number of ketones is 2. The third-order valence-corrected chi connectivity index (χ3v) is 12.2. The van der Waals surface area contributed by atoms with Crippen LogP contribution in [0.15, 0.2) is 128 Å². The number of nitrogens with one attached hydrogen (secondary N) is 2. The Hall–Kier alpha value is -8.50. The molecule has 0 fully saturated rings. The highest BCUT2D eigenvalue weighted by molar-refractivity contribution is 6.29. The molecule has 2 heterocycles. The minimum absolute atomic E-state index is 0.0483. The van der Waals surface area contributed by atoms with Gasteiger partial charge in [0.15, 0.2) is 34.7 Å². The molecule has 2 aromatic heterocycles. The van der Waals surface area contributed by atoms with Gasteiger partial charge in [0, 0.05) is 115 Å². The number of carbonyl (C=O) groups excluding carboxylic acids is 4. The fraction of sp³-hybridized carbons (Fsp3) is 0.333. The molecule has 0 aliphatic heterocycles. The third kappa shape index (κ3) is 15.8. The molecule has 2 N–H and O–H groups in total. The van der Waals surface area contributed by atoms with Gasteiger partial charge in [-0.1, -0.05) is 60.7 Å². The first kappa shape index (κ1) is 56.8. The van der Waals surface area contributed by atoms with Crippen LogP contribution in [-0.2, 0) is 47.3 Å². The van der Waals surface area contributed by atoms with Crippen molar-refractivity contribution >= 4 is 35.1 Å². The first-order chi connectivity index (χ1) is 36.5. The zero-order valence-electron chi connectivity index (χ0n) is 42.6. The average Bonchev–Trinajstić information content (AvgIpc) is 3.43. The highest BCUT2D eigenvalue weighted by Gasteiger charge is 2.20. The van der Waals surface area contributed by atoms with Crippen LogP contribution in [0.25, 0.3) is 0 Å². The van der Waals surface area contributed by atoms with Crippen molar-refractivity contribution in [3.63, 3.8) is 0 Å². The molecule has 0 unspecified atom stereocenters. The second kappa shape index (κ2) is 27.7. The van der Waals surface area contributed by atoms with E-state index in [2.05, 4.69) is 10.6 Å². The van der Waals surface area contributed by atoms with Gasteiger partial charge in [0.25, 0.3) is 11.1 Å². The number of nitrogens with zero attached hydrogens (tertiary/aromatic N) is 6. The summed E-state index contributed by atoms with van der Waals surface area (Å²) >= 11 is 0. The summed E-state index contributed by atoms with van der Waals surface area (Å²) in [5, 5.41) is 6.14. The molecule has 0 saturated heterocycles. The minimum Gasteiger partial charge on any atom is -0.490 e. The summed E-state index contributed by atoms with van der Waals surface area (Å²) in [6.07, 6.45) is 0.734. The zero-order valence-corrected chi connectivity index (χ0v) is 42.6. The Balaban J connectivity index is 1.00. The van der Waals surface area contributed by atoms with E-state index >= 15 is 8.78 Å². The number of benzene rings is 4. The number of ether oxygens (including phenoxy) is 4. The van der Waals surface area contributed by atoms with Crippen LogP contribution in [0.5, 0.6) is 11.5 Å². The topological polar surface area (TPSA) is 224 Å². The van der Waals surface area contributed by atoms with Crippen LogP contribution in [0.4, 0.5) is 20.4 Å². The number of esters is 2. The van der Waals surface area contributed by atoms with Gasteiger partial charge in [0.05, 0.1) is 13.2 Å². The molecule has 0 bridgehead atoms. The van der Waals surface area contributed by atoms with E-state index in [1.165, 1.54) is 73.7 Å². The Morgan fingerprint density at radius 1 is 0.461 bits per heavy atom. The molecule has 20 nitrogen and oxygen atoms in total. The lowest BCUT2D eigenvalue weighted by Gasteiger charge is -2.23. The molecule has 0 atom stereocenters. The van der Waals surface area contributed by atoms with Crippen LogP contribution < -0.4 is 42.6 Å². The Labute approximate surface area is 435 Å². The number of carbonyl (C=O) groups is 4. The molecule has 402 valence electrons. The van der Waals surface area contributed by atoms with E-state index in [4.69, 9.17) is 18.9 Å². The van der Waals surface area contributed by atoms with Crippen molar-refractivity contribution in [1.29, 1.82) is 0 Å². The minimum atomic E-state index is -1.24. The van der Waals surface area contributed by atoms with E-state index in [0.717, 1.165) is 21.3 Å². The van der Waals surface area contributed by atoms with Crippen LogP contribution in [0.2, 0.25) is 0 Å². The Morgan fingerprint density at radius 3 is 1.21 bits per heavy atom. The quantitative estimate of drug-likeness (QED) is 0.0311. The molecule has 76 heavy (non-hydrogen) atoms. The van der Waals surface area contributed by atoms with Crippen LogP contribution in [0.1, 0.15) is 44.7 Å². The van der Waals surface area contributed by atoms with E-state index in [1.54, 1.807) is 60.7 Å². The third-order valence-electron chi connectivity index (χ3n) is 12.2. The van der Waals surface area contributed by atoms with Gasteiger partial charge in [-0.2, -0.15) is 0 Å². The standard InChI is InChI=1S/C54H60F2N8O12/c1-59-45(35-47(65)61(3)53(59)71)57-21-25-63(23-11-29-73-43-19-17-39(33-41(43)55)49(67)37-13-7-5-8-14-37)27-31-75-51(69)52(70)76-32-28-64(26-22-58-46-36-48(66)62(4)54(72)60(46)2)24-12-30-74-44-20-18-40(34-42(44)56)50(68)38-15-9-6-10-16-38/h5-10,13-20,33-36,57-58H,11-12,21-32H2,1-4H3. The number of anilines is 2. The van der Waals surface area contributed by atoms with Crippen molar-refractivity contribution in [3.8, 4) is 11.5 Å². The zero-order chi connectivity index (χ0) is 54.7. The molecule has 0 amide bonds. The predicted molar refractivity (Wildman–Crippen MR) is 278 cm³/mol. The Kier molecular flexibility index (Phi) is 20.7. The second-order valence-corrected chi connectivity index (χ2v) is 17.4. The van der Waals surface area contributed by atoms with E-state index in [1.807, 2.05) is 9.80 Å². The van der Waals surface area contributed by atoms with Crippen LogP contribution in [0, 0.1) is 11.6 Å². The fourth-order valence-corrected chi connectivity index (χ4v) is 7.78. The molecular weight excluding hydrogens is 991 g/mol. The molecule has 0 radical (unpaired) electrons. The second-order valence-electron chi connectivity index (χ2n) is 17.4. The van der Waals surface area contributed by atoms with Crippen molar-refractivity contribution in [2.24, 2.45) is 28.2 Å². The highest BCUT2D eigenvalue weighted by Crippen LogP contribution is 2.22. The molecular formula is C54H60F2N8O12. The summed E-state index contributed by atoms with van der Waals surface area (Å²) in [7, 11) is 5.75. The number of halogens is 2. The van der Waals surface area contributed by atoms with Crippen LogP contribution in [-0.4, -0.2) is 130 Å².